The van der Waals surface area contributed by atoms with Gasteiger partial charge in [0.2, 0.25) is 0 Å². The second-order valence-electron chi connectivity index (χ2n) is 3.77. The van der Waals surface area contributed by atoms with E-state index in [1.165, 1.54) is 5.56 Å². The fraction of sp³-hybridized carbons (Fsp3) is 0.231. The predicted molar refractivity (Wildman–Crippen MR) is 74.4 cm³/mol. The number of thiophene rings is 1. The Hall–Kier alpha value is -1.19. The molecule has 1 atom stereocenters. The summed E-state index contributed by atoms with van der Waals surface area (Å²) < 4.78 is 5.30. The van der Waals surface area contributed by atoms with E-state index in [0.717, 1.165) is 11.4 Å². The second kappa shape index (κ2) is 5.43. The largest absolute Gasteiger partial charge is 0.495 e. The molecule has 2 aromatic rings. The SMILES string of the molecule is COc1ccc(Cl)cc1NC(C)c1ccsc1. The standard InChI is InChI=1S/C13H14ClNOS/c1-9(10-5-6-17-8-10)15-12-7-11(14)3-4-13(12)16-2/h3-9,15H,1-2H3. The number of halogens is 1. The minimum absolute atomic E-state index is 0.230. The summed E-state index contributed by atoms with van der Waals surface area (Å²) in [6.45, 7) is 2.11. The lowest BCUT2D eigenvalue weighted by Gasteiger charge is -2.17. The van der Waals surface area contributed by atoms with E-state index in [9.17, 15) is 0 Å². The van der Waals surface area contributed by atoms with Gasteiger partial charge in [-0.25, -0.2) is 0 Å². The molecule has 0 saturated heterocycles. The molecule has 90 valence electrons. The van der Waals surface area contributed by atoms with E-state index < -0.39 is 0 Å². The highest BCUT2D eigenvalue weighted by Crippen LogP contribution is 2.31. The van der Waals surface area contributed by atoms with Crippen LogP contribution < -0.4 is 10.1 Å². The first kappa shape index (κ1) is 12.3. The lowest BCUT2D eigenvalue weighted by molar-refractivity contribution is 0.416. The fourth-order valence-electron chi connectivity index (χ4n) is 1.63. The molecule has 17 heavy (non-hydrogen) atoms. The molecule has 1 N–H and O–H groups in total. The molecule has 4 heteroatoms. The minimum atomic E-state index is 0.230. The molecule has 1 heterocycles. The molecule has 0 fully saturated rings. The van der Waals surface area contributed by atoms with Crippen LogP contribution in [0, 0.1) is 0 Å². The maximum atomic E-state index is 5.99. The Morgan fingerprint density at radius 2 is 2.18 bits per heavy atom. The first-order chi connectivity index (χ1) is 8.20. The fourth-order valence-corrected chi connectivity index (χ4v) is 2.56. The van der Waals surface area contributed by atoms with Crippen molar-refractivity contribution >= 4 is 28.6 Å². The van der Waals surface area contributed by atoms with Crippen LogP contribution in [0.2, 0.25) is 5.02 Å². The van der Waals surface area contributed by atoms with Crippen molar-refractivity contribution in [3.8, 4) is 5.75 Å². The van der Waals surface area contributed by atoms with E-state index in [1.807, 2.05) is 18.2 Å². The number of ether oxygens (including phenoxy) is 1. The van der Waals surface area contributed by atoms with Crippen LogP contribution in [0.25, 0.3) is 0 Å². The summed E-state index contributed by atoms with van der Waals surface area (Å²) in [5, 5.41) is 8.31. The van der Waals surface area contributed by atoms with Gasteiger partial charge in [0, 0.05) is 11.1 Å². The van der Waals surface area contributed by atoms with Crippen molar-refractivity contribution in [2.24, 2.45) is 0 Å². The highest BCUT2D eigenvalue weighted by molar-refractivity contribution is 7.07. The van der Waals surface area contributed by atoms with Crippen molar-refractivity contribution in [2.75, 3.05) is 12.4 Å². The summed E-state index contributed by atoms with van der Waals surface area (Å²) in [5.41, 5.74) is 2.18. The Morgan fingerprint density at radius 3 is 2.82 bits per heavy atom. The third-order valence-corrected chi connectivity index (χ3v) is 3.51. The smallest absolute Gasteiger partial charge is 0.142 e. The van der Waals surface area contributed by atoms with Gasteiger partial charge >= 0.3 is 0 Å². The Balaban J connectivity index is 2.20. The quantitative estimate of drug-likeness (QED) is 0.875. The topological polar surface area (TPSA) is 21.3 Å². The van der Waals surface area contributed by atoms with E-state index >= 15 is 0 Å². The first-order valence-electron chi connectivity index (χ1n) is 5.33. The van der Waals surface area contributed by atoms with Crippen molar-refractivity contribution in [2.45, 2.75) is 13.0 Å². The Kier molecular flexibility index (Phi) is 3.92. The number of hydrogen-bond acceptors (Lipinski definition) is 3. The maximum absolute atomic E-state index is 5.99. The third kappa shape index (κ3) is 2.93. The molecule has 1 aromatic carbocycles. The summed E-state index contributed by atoms with van der Waals surface area (Å²) in [6, 6.07) is 7.91. The molecular formula is C13H14ClNOS. The van der Waals surface area contributed by atoms with Crippen molar-refractivity contribution < 1.29 is 4.74 Å². The van der Waals surface area contributed by atoms with Crippen molar-refractivity contribution in [1.82, 2.24) is 0 Å². The second-order valence-corrected chi connectivity index (χ2v) is 4.98. The molecule has 0 spiro atoms. The van der Waals surface area contributed by atoms with E-state index in [1.54, 1.807) is 18.4 Å². The van der Waals surface area contributed by atoms with Gasteiger partial charge in [-0.15, -0.1) is 0 Å². The number of methoxy groups -OCH3 is 1. The van der Waals surface area contributed by atoms with E-state index in [-0.39, 0.29) is 6.04 Å². The molecule has 0 aliphatic carbocycles. The van der Waals surface area contributed by atoms with Gasteiger partial charge in [0.05, 0.1) is 12.8 Å². The molecular weight excluding hydrogens is 254 g/mol. The van der Waals surface area contributed by atoms with Crippen LogP contribution in [0.4, 0.5) is 5.69 Å². The lowest BCUT2D eigenvalue weighted by Crippen LogP contribution is -2.06. The molecule has 2 nitrogen and oxygen atoms in total. The molecule has 0 radical (unpaired) electrons. The van der Waals surface area contributed by atoms with Gasteiger partial charge in [0.25, 0.3) is 0 Å². The molecule has 0 saturated carbocycles. The van der Waals surface area contributed by atoms with Crippen LogP contribution in [0.15, 0.2) is 35.0 Å². The molecule has 1 aromatic heterocycles. The Bertz CT molecular complexity index is 484. The number of hydrogen-bond donors (Lipinski definition) is 1. The Labute approximate surface area is 110 Å². The van der Waals surface area contributed by atoms with Crippen LogP contribution in [-0.2, 0) is 0 Å². The minimum Gasteiger partial charge on any atom is -0.495 e. The molecule has 0 aliphatic heterocycles. The van der Waals surface area contributed by atoms with Crippen molar-refractivity contribution in [3.63, 3.8) is 0 Å². The van der Waals surface area contributed by atoms with Crippen molar-refractivity contribution in [1.29, 1.82) is 0 Å². The third-order valence-electron chi connectivity index (χ3n) is 2.58. The summed E-state index contributed by atoms with van der Waals surface area (Å²) >= 11 is 7.68. The number of anilines is 1. The van der Waals surface area contributed by atoms with E-state index in [4.69, 9.17) is 16.3 Å². The van der Waals surface area contributed by atoms with E-state index in [0.29, 0.717) is 5.02 Å². The number of rotatable bonds is 4. The van der Waals surface area contributed by atoms with Crippen LogP contribution in [0.5, 0.6) is 5.75 Å². The normalized spacial score (nSPS) is 12.2. The van der Waals surface area contributed by atoms with Gasteiger partial charge in [-0.2, -0.15) is 11.3 Å². The summed E-state index contributed by atoms with van der Waals surface area (Å²) in [6.07, 6.45) is 0. The number of benzene rings is 1. The van der Waals surface area contributed by atoms with Gasteiger partial charge in [0.15, 0.2) is 0 Å². The van der Waals surface area contributed by atoms with Crippen LogP contribution in [0.1, 0.15) is 18.5 Å². The van der Waals surface area contributed by atoms with E-state index in [2.05, 4.69) is 29.1 Å². The van der Waals surface area contributed by atoms with Crippen molar-refractivity contribution in [3.05, 3.63) is 45.6 Å². The zero-order valence-corrected chi connectivity index (χ0v) is 11.3. The van der Waals surface area contributed by atoms with Gasteiger partial charge in [-0.3, -0.25) is 0 Å². The van der Waals surface area contributed by atoms with Gasteiger partial charge in [-0.1, -0.05) is 11.6 Å². The lowest BCUT2D eigenvalue weighted by atomic mass is 10.1. The van der Waals surface area contributed by atoms with Gasteiger partial charge in [-0.05, 0) is 47.5 Å². The van der Waals surface area contributed by atoms with Crippen LogP contribution in [-0.4, -0.2) is 7.11 Å². The molecule has 1 unspecified atom stereocenters. The van der Waals surface area contributed by atoms with Gasteiger partial charge in [0.1, 0.15) is 5.75 Å². The average molecular weight is 268 g/mol. The average Bonchev–Trinajstić information content (AvgIpc) is 2.83. The number of nitrogens with one attached hydrogen (secondary N) is 1. The van der Waals surface area contributed by atoms with Crippen LogP contribution >= 0.6 is 22.9 Å². The van der Waals surface area contributed by atoms with Gasteiger partial charge < -0.3 is 10.1 Å². The highest BCUT2D eigenvalue weighted by atomic mass is 35.5. The monoisotopic (exact) mass is 267 g/mol. The summed E-state index contributed by atoms with van der Waals surface area (Å²) in [7, 11) is 1.66. The predicted octanol–water partition coefficient (Wildman–Crippen LogP) is 4.58. The molecule has 0 aliphatic rings. The maximum Gasteiger partial charge on any atom is 0.142 e. The summed E-state index contributed by atoms with van der Waals surface area (Å²) in [5.74, 6) is 0.802. The zero-order valence-electron chi connectivity index (χ0n) is 9.74. The highest BCUT2D eigenvalue weighted by Gasteiger charge is 2.09. The first-order valence-corrected chi connectivity index (χ1v) is 6.65. The van der Waals surface area contributed by atoms with Crippen LogP contribution in [0.3, 0.4) is 0 Å². The summed E-state index contributed by atoms with van der Waals surface area (Å²) in [4.78, 5) is 0. The molecule has 2 rings (SSSR count). The molecule has 0 bridgehead atoms. The zero-order chi connectivity index (χ0) is 12.3. The molecule has 0 amide bonds. The Morgan fingerprint density at radius 1 is 1.35 bits per heavy atom.